The third-order valence-corrected chi connectivity index (χ3v) is 4.88. The monoisotopic (exact) mass is 405 g/mol. The van der Waals surface area contributed by atoms with Gasteiger partial charge in [-0.15, -0.1) is 0 Å². The van der Waals surface area contributed by atoms with E-state index in [9.17, 15) is 5.11 Å². The molecule has 0 atom stereocenters. The number of hydrogen-bond acceptors (Lipinski definition) is 6. The van der Waals surface area contributed by atoms with Crippen LogP contribution in [0.5, 0.6) is 17.2 Å². The van der Waals surface area contributed by atoms with Crippen molar-refractivity contribution in [1.29, 1.82) is 0 Å². The van der Waals surface area contributed by atoms with Crippen molar-refractivity contribution in [1.82, 2.24) is 9.97 Å². The first kappa shape index (κ1) is 19.4. The van der Waals surface area contributed by atoms with Gasteiger partial charge in [-0.2, -0.15) is 0 Å². The van der Waals surface area contributed by atoms with E-state index in [1.54, 1.807) is 18.4 Å². The van der Waals surface area contributed by atoms with Crippen molar-refractivity contribution >= 4 is 5.69 Å². The number of imidazole rings is 1. The molecule has 7 nitrogen and oxygen atoms in total. The number of aromatic amines is 1. The van der Waals surface area contributed by atoms with Gasteiger partial charge in [-0.05, 0) is 36.4 Å². The Balaban J connectivity index is 1.87. The molecule has 0 radical (unpaired) electrons. The van der Waals surface area contributed by atoms with Crippen molar-refractivity contribution in [3.8, 4) is 51.3 Å². The Morgan fingerprint density at radius 3 is 2.17 bits per heavy atom. The van der Waals surface area contributed by atoms with Gasteiger partial charge in [0.2, 0.25) is 5.75 Å². The number of hydrogen-bond donors (Lipinski definition) is 2. The smallest absolute Gasteiger partial charge is 0.200 e. The first-order valence-electron chi connectivity index (χ1n) is 9.38. The van der Waals surface area contributed by atoms with Crippen molar-refractivity contribution in [3.05, 3.63) is 54.8 Å². The molecule has 0 amide bonds. The van der Waals surface area contributed by atoms with Gasteiger partial charge >= 0.3 is 0 Å². The summed E-state index contributed by atoms with van der Waals surface area (Å²) in [5.41, 5.74) is 4.29. The standard InChI is InChI=1S/C23H23N3O4/c1-26(2)16-9-7-14(8-10-16)20-21(17-6-5-11-30-17)25-23(24-20)15-12-18(28-3)22(27)19(13-15)29-4/h5-13,27H,1-4H3,(H,24,25). The zero-order valence-electron chi connectivity index (χ0n) is 17.3. The number of furan rings is 1. The van der Waals surface area contributed by atoms with Gasteiger partial charge in [-0.3, -0.25) is 0 Å². The Bertz CT molecular complexity index is 1120. The number of nitrogens with zero attached hydrogens (tertiary/aromatic N) is 2. The maximum Gasteiger partial charge on any atom is 0.200 e. The summed E-state index contributed by atoms with van der Waals surface area (Å²) < 4.78 is 16.2. The summed E-state index contributed by atoms with van der Waals surface area (Å²) in [6.07, 6.45) is 1.63. The van der Waals surface area contributed by atoms with E-state index in [0.29, 0.717) is 28.6 Å². The van der Waals surface area contributed by atoms with Gasteiger partial charge in [0, 0.05) is 30.9 Å². The minimum Gasteiger partial charge on any atom is -0.502 e. The lowest BCUT2D eigenvalue weighted by atomic mass is 10.1. The Labute approximate surface area is 174 Å². The number of phenolic OH excluding ortho intramolecular Hbond substituents is 1. The summed E-state index contributed by atoms with van der Waals surface area (Å²) in [6, 6.07) is 15.3. The molecule has 0 bridgehead atoms. The number of nitrogens with one attached hydrogen (secondary N) is 1. The maximum atomic E-state index is 10.2. The second-order valence-electron chi connectivity index (χ2n) is 6.96. The molecule has 0 fully saturated rings. The molecule has 0 spiro atoms. The topological polar surface area (TPSA) is 83.8 Å². The van der Waals surface area contributed by atoms with Crippen LogP contribution < -0.4 is 14.4 Å². The highest BCUT2D eigenvalue weighted by Crippen LogP contribution is 2.41. The molecule has 0 aliphatic carbocycles. The number of methoxy groups -OCH3 is 2. The third kappa shape index (κ3) is 3.45. The van der Waals surface area contributed by atoms with E-state index in [1.165, 1.54) is 14.2 Å². The number of rotatable bonds is 6. The maximum absolute atomic E-state index is 10.2. The quantitative estimate of drug-likeness (QED) is 0.480. The molecule has 0 saturated heterocycles. The number of anilines is 1. The number of ether oxygens (including phenoxy) is 2. The third-order valence-electron chi connectivity index (χ3n) is 4.88. The molecule has 30 heavy (non-hydrogen) atoms. The van der Waals surface area contributed by atoms with Crippen LogP contribution in [0.1, 0.15) is 0 Å². The lowest BCUT2D eigenvalue weighted by molar-refractivity contribution is 0.340. The van der Waals surface area contributed by atoms with Crippen LogP contribution in [0, 0.1) is 0 Å². The van der Waals surface area contributed by atoms with Gasteiger partial charge in [0.05, 0.1) is 20.5 Å². The van der Waals surface area contributed by atoms with Gasteiger partial charge < -0.3 is 28.9 Å². The number of aromatic nitrogens is 2. The van der Waals surface area contributed by atoms with Crippen molar-refractivity contribution in [3.63, 3.8) is 0 Å². The predicted molar refractivity (Wildman–Crippen MR) is 116 cm³/mol. The average molecular weight is 405 g/mol. The van der Waals surface area contributed by atoms with Gasteiger partial charge in [0.15, 0.2) is 17.3 Å². The highest BCUT2D eigenvalue weighted by molar-refractivity contribution is 5.80. The SMILES string of the molecule is COc1cc(-c2nc(-c3ccc(N(C)C)cc3)c(-c3ccco3)[nH]2)cc(OC)c1O. The summed E-state index contributed by atoms with van der Waals surface area (Å²) in [6.45, 7) is 0. The zero-order valence-corrected chi connectivity index (χ0v) is 17.3. The van der Waals surface area contributed by atoms with Crippen molar-refractivity contribution in [2.24, 2.45) is 0 Å². The molecule has 0 saturated carbocycles. The molecular weight excluding hydrogens is 382 g/mol. The first-order chi connectivity index (χ1) is 14.5. The van der Waals surface area contributed by atoms with E-state index in [2.05, 4.69) is 4.98 Å². The molecule has 154 valence electrons. The van der Waals surface area contributed by atoms with Gasteiger partial charge in [0.25, 0.3) is 0 Å². The van der Waals surface area contributed by atoms with Crippen molar-refractivity contribution in [2.45, 2.75) is 0 Å². The van der Waals surface area contributed by atoms with E-state index in [-0.39, 0.29) is 5.75 Å². The van der Waals surface area contributed by atoms with E-state index < -0.39 is 0 Å². The molecule has 0 aliphatic heterocycles. The Hall–Kier alpha value is -3.87. The zero-order chi connectivity index (χ0) is 21.3. The molecule has 4 rings (SSSR count). The summed E-state index contributed by atoms with van der Waals surface area (Å²) in [7, 11) is 6.99. The highest BCUT2D eigenvalue weighted by atomic mass is 16.5. The molecule has 0 aliphatic rings. The van der Waals surface area contributed by atoms with E-state index in [4.69, 9.17) is 18.9 Å². The normalized spacial score (nSPS) is 10.8. The van der Waals surface area contributed by atoms with Crippen LogP contribution >= 0.6 is 0 Å². The molecule has 0 unspecified atom stereocenters. The Kier molecular flexibility index (Phi) is 5.10. The first-order valence-corrected chi connectivity index (χ1v) is 9.38. The fourth-order valence-corrected chi connectivity index (χ4v) is 3.27. The van der Waals surface area contributed by atoms with Gasteiger partial charge in [-0.1, -0.05) is 12.1 Å². The van der Waals surface area contributed by atoms with Crippen LogP contribution in [0.15, 0.2) is 59.2 Å². The van der Waals surface area contributed by atoms with Crippen molar-refractivity contribution < 1.29 is 19.0 Å². The molecule has 2 aromatic heterocycles. The summed E-state index contributed by atoms with van der Waals surface area (Å²) >= 11 is 0. The van der Waals surface area contributed by atoms with E-state index in [1.807, 2.05) is 55.4 Å². The Morgan fingerprint density at radius 1 is 0.967 bits per heavy atom. The van der Waals surface area contributed by atoms with Crippen LogP contribution in [-0.2, 0) is 0 Å². The highest BCUT2D eigenvalue weighted by Gasteiger charge is 2.20. The lowest BCUT2D eigenvalue weighted by Crippen LogP contribution is -2.07. The van der Waals surface area contributed by atoms with Crippen LogP contribution in [0.4, 0.5) is 5.69 Å². The van der Waals surface area contributed by atoms with E-state index >= 15 is 0 Å². The number of H-pyrrole nitrogens is 1. The second kappa shape index (κ2) is 7.87. The fraction of sp³-hybridized carbons (Fsp3) is 0.174. The molecule has 7 heteroatoms. The molecule has 2 aromatic carbocycles. The largest absolute Gasteiger partial charge is 0.502 e. The van der Waals surface area contributed by atoms with Gasteiger partial charge in [-0.25, -0.2) is 4.98 Å². The van der Waals surface area contributed by atoms with E-state index in [0.717, 1.165) is 22.6 Å². The fourth-order valence-electron chi connectivity index (χ4n) is 3.27. The summed E-state index contributed by atoms with van der Waals surface area (Å²) in [5.74, 6) is 1.83. The second-order valence-corrected chi connectivity index (χ2v) is 6.96. The van der Waals surface area contributed by atoms with Gasteiger partial charge in [0.1, 0.15) is 17.2 Å². The number of benzene rings is 2. The summed E-state index contributed by atoms with van der Waals surface area (Å²) in [4.78, 5) is 10.2. The van der Waals surface area contributed by atoms with Crippen LogP contribution in [-0.4, -0.2) is 43.4 Å². The number of phenols is 1. The minimum atomic E-state index is -0.0546. The number of aromatic hydroxyl groups is 1. The predicted octanol–water partition coefficient (Wildman–Crippen LogP) is 4.79. The molecular formula is C23H23N3O4. The van der Waals surface area contributed by atoms with Crippen LogP contribution in [0.25, 0.3) is 34.1 Å². The Morgan fingerprint density at radius 2 is 1.63 bits per heavy atom. The average Bonchev–Trinajstić information content (AvgIpc) is 3.44. The van der Waals surface area contributed by atoms with Crippen LogP contribution in [0.3, 0.4) is 0 Å². The molecule has 4 aromatic rings. The minimum absolute atomic E-state index is 0.0546. The van der Waals surface area contributed by atoms with Crippen LogP contribution in [0.2, 0.25) is 0 Å². The molecule has 2 heterocycles. The summed E-state index contributed by atoms with van der Waals surface area (Å²) in [5, 5.41) is 10.2. The lowest BCUT2D eigenvalue weighted by Gasteiger charge is -2.12. The molecule has 2 N–H and O–H groups in total. The van der Waals surface area contributed by atoms with Crippen molar-refractivity contribution in [2.75, 3.05) is 33.2 Å².